The molecule has 1 atom stereocenters. The maximum atomic E-state index is 12.5. The van der Waals surface area contributed by atoms with E-state index in [0.29, 0.717) is 6.54 Å². The summed E-state index contributed by atoms with van der Waals surface area (Å²) in [5.41, 5.74) is 4.43. The standard InChI is InChI=1S/C23H24N2O/c1-18-13-15-21(16-14-18)24-22(26)17-25(2)23(19-9-5-3-6-10-19)20-11-7-4-8-12-20/h3-16,23H,17H2,1-2H3,(H,24,26)/p+1. The van der Waals surface area contributed by atoms with Gasteiger partial charge in [-0.05, 0) is 19.1 Å². The van der Waals surface area contributed by atoms with Crippen LogP contribution in [0.3, 0.4) is 0 Å². The van der Waals surface area contributed by atoms with Gasteiger partial charge in [0, 0.05) is 16.8 Å². The van der Waals surface area contributed by atoms with Crippen molar-refractivity contribution in [2.24, 2.45) is 0 Å². The van der Waals surface area contributed by atoms with E-state index < -0.39 is 0 Å². The van der Waals surface area contributed by atoms with Gasteiger partial charge >= 0.3 is 0 Å². The average molecular weight is 345 g/mol. The SMILES string of the molecule is Cc1ccc(NC(=O)C[NH+](C)C(c2ccccc2)c2ccccc2)cc1. The van der Waals surface area contributed by atoms with Gasteiger partial charge in [0.25, 0.3) is 5.91 Å². The molecule has 0 fully saturated rings. The molecule has 0 aliphatic carbocycles. The zero-order valence-corrected chi connectivity index (χ0v) is 15.3. The van der Waals surface area contributed by atoms with Crippen molar-refractivity contribution in [3.63, 3.8) is 0 Å². The fourth-order valence-electron chi connectivity index (χ4n) is 3.25. The summed E-state index contributed by atoms with van der Waals surface area (Å²) in [4.78, 5) is 13.7. The first kappa shape index (κ1) is 17.9. The highest BCUT2D eigenvalue weighted by atomic mass is 16.2. The maximum Gasteiger partial charge on any atom is 0.279 e. The molecule has 3 nitrogen and oxygen atoms in total. The van der Waals surface area contributed by atoms with Crippen molar-refractivity contribution in [1.82, 2.24) is 0 Å². The number of aryl methyl sites for hydroxylation is 1. The molecule has 0 saturated carbocycles. The van der Waals surface area contributed by atoms with E-state index in [2.05, 4.69) is 36.6 Å². The Balaban J connectivity index is 1.76. The number of likely N-dealkylation sites (N-methyl/N-ethyl adjacent to an activating group) is 1. The topological polar surface area (TPSA) is 33.5 Å². The number of anilines is 1. The van der Waals surface area contributed by atoms with E-state index >= 15 is 0 Å². The van der Waals surface area contributed by atoms with Gasteiger partial charge in [-0.15, -0.1) is 0 Å². The Morgan fingerprint density at radius 1 is 0.846 bits per heavy atom. The fraction of sp³-hybridized carbons (Fsp3) is 0.174. The average Bonchev–Trinajstić information content (AvgIpc) is 2.65. The van der Waals surface area contributed by atoms with Crippen molar-refractivity contribution in [1.29, 1.82) is 0 Å². The van der Waals surface area contributed by atoms with Crippen molar-refractivity contribution < 1.29 is 9.69 Å². The molecule has 132 valence electrons. The molecular formula is C23H25N2O+. The first-order valence-corrected chi connectivity index (χ1v) is 8.92. The number of rotatable bonds is 6. The number of quaternary nitrogens is 1. The maximum absolute atomic E-state index is 12.5. The third-order valence-corrected chi connectivity index (χ3v) is 4.53. The first-order valence-electron chi connectivity index (χ1n) is 8.92. The van der Waals surface area contributed by atoms with E-state index in [1.54, 1.807) is 0 Å². The number of carbonyl (C=O) groups is 1. The predicted octanol–water partition coefficient (Wildman–Crippen LogP) is 3.24. The van der Waals surface area contributed by atoms with E-state index in [1.807, 2.05) is 67.6 Å². The van der Waals surface area contributed by atoms with Gasteiger partial charge in [0.2, 0.25) is 0 Å². The van der Waals surface area contributed by atoms with E-state index in [1.165, 1.54) is 16.7 Å². The van der Waals surface area contributed by atoms with Gasteiger partial charge in [-0.3, -0.25) is 4.79 Å². The molecule has 0 bridgehead atoms. The van der Waals surface area contributed by atoms with E-state index in [-0.39, 0.29) is 11.9 Å². The van der Waals surface area contributed by atoms with Crippen LogP contribution in [0.4, 0.5) is 5.69 Å². The van der Waals surface area contributed by atoms with Gasteiger partial charge in [-0.1, -0.05) is 78.4 Å². The van der Waals surface area contributed by atoms with Gasteiger partial charge in [0.1, 0.15) is 6.04 Å². The molecule has 3 heteroatoms. The molecular weight excluding hydrogens is 320 g/mol. The predicted molar refractivity (Wildman–Crippen MR) is 106 cm³/mol. The molecule has 0 spiro atoms. The molecule has 3 rings (SSSR count). The zero-order chi connectivity index (χ0) is 18.4. The third-order valence-electron chi connectivity index (χ3n) is 4.53. The summed E-state index contributed by atoms with van der Waals surface area (Å²) in [7, 11) is 2.07. The number of nitrogens with one attached hydrogen (secondary N) is 2. The van der Waals surface area contributed by atoms with Gasteiger partial charge in [-0.2, -0.15) is 0 Å². The lowest BCUT2D eigenvalue weighted by Crippen LogP contribution is -3.10. The van der Waals surface area contributed by atoms with E-state index in [4.69, 9.17) is 0 Å². The summed E-state index contributed by atoms with van der Waals surface area (Å²) in [6.07, 6.45) is 0. The third kappa shape index (κ3) is 4.58. The molecule has 0 aliphatic rings. The monoisotopic (exact) mass is 345 g/mol. The Labute approximate surface area is 155 Å². The van der Waals surface area contributed by atoms with Crippen LogP contribution in [-0.2, 0) is 4.79 Å². The Bertz CT molecular complexity index is 790. The van der Waals surface area contributed by atoms with Crippen LogP contribution in [0.2, 0.25) is 0 Å². The van der Waals surface area contributed by atoms with Crippen LogP contribution in [-0.4, -0.2) is 19.5 Å². The van der Waals surface area contributed by atoms with Crippen LogP contribution < -0.4 is 10.2 Å². The first-order chi connectivity index (χ1) is 12.6. The molecule has 1 unspecified atom stereocenters. The highest BCUT2D eigenvalue weighted by Gasteiger charge is 2.24. The molecule has 0 aliphatic heterocycles. The Morgan fingerprint density at radius 3 is 1.85 bits per heavy atom. The Kier molecular flexibility index (Phi) is 5.82. The molecule has 0 saturated heterocycles. The Hall–Kier alpha value is -2.91. The lowest BCUT2D eigenvalue weighted by Gasteiger charge is -2.25. The van der Waals surface area contributed by atoms with Crippen LogP contribution in [0.5, 0.6) is 0 Å². The molecule has 0 radical (unpaired) electrons. The lowest BCUT2D eigenvalue weighted by atomic mass is 9.97. The summed E-state index contributed by atoms with van der Waals surface area (Å²) < 4.78 is 0. The molecule has 1 amide bonds. The summed E-state index contributed by atoms with van der Waals surface area (Å²) in [5, 5.41) is 3.00. The normalized spacial score (nSPS) is 12.0. The molecule has 26 heavy (non-hydrogen) atoms. The summed E-state index contributed by atoms with van der Waals surface area (Å²) in [6.45, 7) is 2.43. The van der Waals surface area contributed by atoms with Crippen molar-refractivity contribution in [3.05, 3.63) is 102 Å². The molecule has 0 heterocycles. The van der Waals surface area contributed by atoms with Crippen LogP contribution in [0, 0.1) is 6.92 Å². The van der Waals surface area contributed by atoms with E-state index in [9.17, 15) is 4.79 Å². The van der Waals surface area contributed by atoms with Crippen LogP contribution in [0.1, 0.15) is 22.7 Å². The number of carbonyl (C=O) groups excluding carboxylic acids is 1. The number of amides is 1. The largest absolute Gasteiger partial charge is 0.321 e. The lowest BCUT2D eigenvalue weighted by molar-refractivity contribution is -0.897. The quantitative estimate of drug-likeness (QED) is 0.706. The second kappa shape index (κ2) is 8.45. The summed E-state index contributed by atoms with van der Waals surface area (Å²) in [5.74, 6) is 0.0169. The fourth-order valence-corrected chi connectivity index (χ4v) is 3.25. The van der Waals surface area contributed by atoms with E-state index in [0.717, 1.165) is 10.6 Å². The summed E-state index contributed by atoms with van der Waals surface area (Å²) >= 11 is 0. The minimum atomic E-state index is 0.0169. The van der Waals surface area contributed by atoms with Gasteiger partial charge < -0.3 is 10.2 Å². The van der Waals surface area contributed by atoms with Crippen LogP contribution in [0.25, 0.3) is 0 Å². The van der Waals surface area contributed by atoms with Crippen molar-refractivity contribution in [2.75, 3.05) is 18.9 Å². The molecule has 3 aromatic rings. The summed E-state index contributed by atoms with van der Waals surface area (Å²) in [6, 6.07) is 28.7. The smallest absolute Gasteiger partial charge is 0.279 e. The number of hydrogen-bond acceptors (Lipinski definition) is 1. The van der Waals surface area contributed by atoms with Gasteiger partial charge in [0.15, 0.2) is 6.54 Å². The number of benzene rings is 3. The second-order valence-corrected chi connectivity index (χ2v) is 6.69. The van der Waals surface area contributed by atoms with Gasteiger partial charge in [0.05, 0.1) is 7.05 Å². The van der Waals surface area contributed by atoms with Crippen LogP contribution >= 0.6 is 0 Å². The second-order valence-electron chi connectivity index (χ2n) is 6.69. The molecule has 2 N–H and O–H groups in total. The minimum absolute atomic E-state index is 0.0169. The molecule has 0 aromatic heterocycles. The van der Waals surface area contributed by atoms with Crippen molar-refractivity contribution >= 4 is 11.6 Å². The number of hydrogen-bond donors (Lipinski definition) is 2. The van der Waals surface area contributed by atoms with Crippen molar-refractivity contribution in [3.8, 4) is 0 Å². The zero-order valence-electron chi connectivity index (χ0n) is 15.3. The van der Waals surface area contributed by atoms with Crippen LogP contribution in [0.15, 0.2) is 84.9 Å². The minimum Gasteiger partial charge on any atom is -0.321 e. The highest BCUT2D eigenvalue weighted by Crippen LogP contribution is 2.18. The van der Waals surface area contributed by atoms with Crippen molar-refractivity contribution in [2.45, 2.75) is 13.0 Å². The highest BCUT2D eigenvalue weighted by molar-refractivity contribution is 5.91. The molecule has 3 aromatic carbocycles. The Morgan fingerprint density at radius 2 is 1.35 bits per heavy atom. The van der Waals surface area contributed by atoms with Gasteiger partial charge in [-0.25, -0.2) is 0 Å².